The van der Waals surface area contributed by atoms with Gasteiger partial charge in [-0.25, -0.2) is 9.59 Å². The second kappa shape index (κ2) is 10.7. The van der Waals surface area contributed by atoms with Crippen molar-refractivity contribution in [2.45, 2.75) is 0 Å². The summed E-state index contributed by atoms with van der Waals surface area (Å²) < 4.78 is 13.4. The van der Waals surface area contributed by atoms with E-state index in [4.69, 9.17) is 15.8 Å². The highest BCUT2D eigenvalue weighted by atomic mass is 16.6. The van der Waals surface area contributed by atoms with Gasteiger partial charge < -0.3 is 19.3 Å². The summed E-state index contributed by atoms with van der Waals surface area (Å²) in [6, 6.07) is 4.78. The van der Waals surface area contributed by atoms with Gasteiger partial charge in [0.25, 0.3) is 5.95 Å². The summed E-state index contributed by atoms with van der Waals surface area (Å²) in [4.78, 5) is 23.0. The van der Waals surface area contributed by atoms with Gasteiger partial charge in [0, 0.05) is 0 Å². The second-order valence-electron chi connectivity index (χ2n) is 4.00. The van der Waals surface area contributed by atoms with Crippen LogP contribution in [0.1, 0.15) is 0 Å². The molecule has 0 saturated heterocycles. The first-order valence-corrected chi connectivity index (χ1v) is 6.37. The van der Waals surface area contributed by atoms with Gasteiger partial charge in [0.2, 0.25) is 0 Å². The lowest BCUT2D eigenvalue weighted by Gasteiger charge is -2.02. The van der Waals surface area contributed by atoms with Gasteiger partial charge in [-0.1, -0.05) is 0 Å². The normalized spacial score (nSPS) is 11.7. The van der Waals surface area contributed by atoms with Gasteiger partial charge in [-0.3, -0.25) is 0 Å². The van der Waals surface area contributed by atoms with Gasteiger partial charge in [0.1, 0.15) is 34.9 Å². The molecule has 1 N–H and O–H groups in total. The molecule has 25 heavy (non-hydrogen) atoms. The van der Waals surface area contributed by atoms with Crippen molar-refractivity contribution < 1.29 is 28.9 Å². The molecule has 0 rings (SSSR count). The quantitative estimate of drug-likeness (QED) is 0.245. The zero-order valence-corrected chi connectivity index (χ0v) is 13.6. The molecule has 0 aliphatic carbocycles. The molecule has 0 heterocycles. The molecule has 0 amide bonds. The minimum atomic E-state index is -0.975. The minimum absolute atomic E-state index is 0.107. The molecule has 0 atom stereocenters. The molecule has 0 radical (unpaired) electrons. The number of carbonyl (C=O) groups excluding carboxylic acids is 2. The maximum atomic E-state index is 11.5. The summed E-state index contributed by atoms with van der Waals surface area (Å²) in [7, 11) is 3.22. The summed E-state index contributed by atoms with van der Waals surface area (Å²) in [5.41, 5.74) is -1.43. The van der Waals surface area contributed by atoms with Gasteiger partial charge in [-0.2, -0.15) is 15.8 Å². The third kappa shape index (κ3) is 6.31. The fraction of sp³-hybridized carbons (Fsp3) is 0.188. The Hall–Kier alpha value is -4.03. The van der Waals surface area contributed by atoms with E-state index in [-0.39, 0.29) is 11.1 Å². The Morgan fingerprint density at radius 3 is 1.52 bits per heavy atom. The summed E-state index contributed by atoms with van der Waals surface area (Å²) in [5, 5.41) is 36.5. The van der Waals surface area contributed by atoms with Crippen molar-refractivity contribution in [2.24, 2.45) is 0 Å². The fourth-order valence-corrected chi connectivity index (χ4v) is 1.37. The van der Waals surface area contributed by atoms with Crippen molar-refractivity contribution in [3.05, 3.63) is 46.5 Å². The number of methoxy groups -OCH3 is 3. The largest absolute Gasteiger partial charge is 0.480 e. The highest BCUT2D eigenvalue weighted by Crippen LogP contribution is 2.14. The smallest absolute Gasteiger partial charge is 0.348 e. The van der Waals surface area contributed by atoms with Crippen LogP contribution in [0.5, 0.6) is 0 Å². The number of ether oxygens (including phenoxy) is 3. The van der Waals surface area contributed by atoms with Crippen LogP contribution in [0.3, 0.4) is 0 Å². The average Bonchev–Trinajstić information content (AvgIpc) is 2.65. The lowest BCUT2D eigenvalue weighted by atomic mass is 10.1. The Bertz CT molecular complexity index is 751. The summed E-state index contributed by atoms with van der Waals surface area (Å²) in [6.07, 6.45) is 2.93. The van der Waals surface area contributed by atoms with Crippen LogP contribution < -0.4 is 0 Å². The molecule has 0 aliphatic rings. The van der Waals surface area contributed by atoms with Gasteiger partial charge in [-0.15, -0.1) is 0 Å². The highest BCUT2D eigenvalue weighted by molar-refractivity contribution is 5.95. The first-order chi connectivity index (χ1) is 11.9. The van der Waals surface area contributed by atoms with Crippen LogP contribution in [-0.2, 0) is 23.8 Å². The van der Waals surface area contributed by atoms with Crippen molar-refractivity contribution in [2.75, 3.05) is 21.3 Å². The minimum Gasteiger partial charge on any atom is -0.480 e. The molecule has 0 saturated carbocycles. The zero-order chi connectivity index (χ0) is 19.4. The molecule has 0 aromatic rings. The maximum Gasteiger partial charge on any atom is 0.348 e. The summed E-state index contributed by atoms with van der Waals surface area (Å²) >= 11 is 0. The lowest BCUT2D eigenvalue weighted by Crippen LogP contribution is -2.05. The van der Waals surface area contributed by atoms with E-state index in [1.165, 1.54) is 0 Å². The van der Waals surface area contributed by atoms with E-state index in [2.05, 4.69) is 14.2 Å². The number of aliphatic hydroxyl groups is 1. The van der Waals surface area contributed by atoms with Crippen molar-refractivity contribution in [3.8, 4) is 18.2 Å². The predicted octanol–water partition coefficient (Wildman–Crippen LogP) is 1.10. The van der Waals surface area contributed by atoms with E-state index in [0.29, 0.717) is 0 Å². The Morgan fingerprint density at radius 1 is 0.800 bits per heavy atom. The van der Waals surface area contributed by atoms with E-state index in [1.807, 2.05) is 0 Å². The Morgan fingerprint density at radius 2 is 1.24 bits per heavy atom. The van der Waals surface area contributed by atoms with E-state index in [1.54, 1.807) is 18.2 Å². The van der Waals surface area contributed by atoms with Crippen LogP contribution in [0.2, 0.25) is 0 Å². The van der Waals surface area contributed by atoms with Crippen LogP contribution in [0.25, 0.3) is 0 Å². The van der Waals surface area contributed by atoms with Crippen molar-refractivity contribution >= 4 is 11.9 Å². The first kappa shape index (κ1) is 21.0. The monoisotopic (exact) mass is 343 g/mol. The number of nitriles is 3. The Labute approximate surface area is 143 Å². The van der Waals surface area contributed by atoms with Crippen LogP contribution in [0, 0.1) is 34.0 Å². The molecule has 0 aromatic carbocycles. The Balaban J connectivity index is 6.52. The summed E-state index contributed by atoms with van der Waals surface area (Å²) in [6.45, 7) is 0. The lowest BCUT2D eigenvalue weighted by molar-refractivity contribution is -0.136. The van der Waals surface area contributed by atoms with Gasteiger partial charge in [0.15, 0.2) is 0 Å². The molecule has 0 spiro atoms. The molecule has 128 valence electrons. The van der Waals surface area contributed by atoms with Crippen LogP contribution in [-0.4, -0.2) is 38.4 Å². The molecular weight excluding hydrogens is 330 g/mol. The molecule has 0 unspecified atom stereocenters. The molecule has 9 heteroatoms. The van der Waals surface area contributed by atoms with Crippen LogP contribution >= 0.6 is 0 Å². The number of hydrogen-bond acceptors (Lipinski definition) is 9. The zero-order valence-electron chi connectivity index (χ0n) is 13.6. The molecule has 0 aliphatic heterocycles. The maximum absolute atomic E-state index is 11.5. The van der Waals surface area contributed by atoms with E-state index in [0.717, 1.165) is 39.6 Å². The van der Waals surface area contributed by atoms with E-state index in [9.17, 15) is 14.7 Å². The number of aliphatic hydroxyl groups excluding tert-OH is 1. The van der Waals surface area contributed by atoms with Gasteiger partial charge in [0.05, 0.1) is 21.3 Å². The highest BCUT2D eigenvalue weighted by Gasteiger charge is 2.13. The molecule has 0 fully saturated rings. The fourth-order valence-electron chi connectivity index (χ4n) is 1.37. The number of rotatable bonds is 6. The van der Waals surface area contributed by atoms with Gasteiger partial charge >= 0.3 is 11.9 Å². The van der Waals surface area contributed by atoms with Crippen LogP contribution in [0.4, 0.5) is 0 Å². The van der Waals surface area contributed by atoms with Crippen LogP contribution in [0.15, 0.2) is 46.5 Å². The number of carbonyl (C=O) groups is 2. The second-order valence-corrected chi connectivity index (χ2v) is 4.00. The van der Waals surface area contributed by atoms with E-state index < -0.39 is 29.0 Å². The van der Waals surface area contributed by atoms with Gasteiger partial charge in [-0.05, 0) is 23.8 Å². The number of esters is 2. The topological polar surface area (TPSA) is 153 Å². The van der Waals surface area contributed by atoms with Crippen molar-refractivity contribution in [1.82, 2.24) is 0 Å². The average molecular weight is 343 g/mol. The summed E-state index contributed by atoms with van der Waals surface area (Å²) in [5.74, 6) is -2.69. The van der Waals surface area contributed by atoms with E-state index >= 15 is 0 Å². The Kier molecular flexibility index (Phi) is 8.94. The molecule has 0 aromatic heterocycles. The standard InChI is InChI=1S/C16H13N3O6/c1-23-14(20)11(7-17)4-10(5-12(8-18)15(21)24-2)6-13(9-19)16(22)25-3/h4-6,20H,1-3H3/b12-5+,13-6+,14-11-. The SMILES string of the molecule is COC(=O)/C(C#N)=C/C(=CC(/C#N)=C(\O)OC)/C=C(\C#N)C(=O)OC. The number of hydrogen-bond donors (Lipinski definition) is 1. The first-order valence-electron chi connectivity index (χ1n) is 6.37. The third-order valence-corrected chi connectivity index (χ3v) is 2.53. The number of nitrogens with zero attached hydrogens (tertiary/aromatic N) is 3. The van der Waals surface area contributed by atoms with Crippen molar-refractivity contribution in [1.29, 1.82) is 15.8 Å². The van der Waals surface area contributed by atoms with Crippen molar-refractivity contribution in [3.63, 3.8) is 0 Å². The third-order valence-electron chi connectivity index (χ3n) is 2.53. The molecule has 0 bridgehead atoms. The molecule has 9 nitrogen and oxygen atoms in total. The predicted molar refractivity (Wildman–Crippen MR) is 81.8 cm³/mol. The number of allylic oxidation sites excluding steroid dienone is 5. The molecular formula is C16H13N3O6.